The molecule has 1 amide bonds. The number of hydrogen-bond donors (Lipinski definition) is 1. The highest BCUT2D eigenvalue weighted by molar-refractivity contribution is 7.18. The van der Waals surface area contributed by atoms with Crippen molar-refractivity contribution in [3.8, 4) is 0 Å². The summed E-state index contributed by atoms with van der Waals surface area (Å²) in [6, 6.07) is 6.95. The monoisotopic (exact) mass is 433 g/mol. The van der Waals surface area contributed by atoms with Gasteiger partial charge in [0, 0.05) is 11.1 Å². The highest BCUT2D eigenvalue weighted by Gasteiger charge is 2.27. The molecule has 0 aliphatic carbocycles. The van der Waals surface area contributed by atoms with Crippen LogP contribution in [0.4, 0.5) is 5.00 Å². The normalized spacial score (nSPS) is 10.6. The lowest BCUT2D eigenvalue weighted by Gasteiger charge is -2.05. The molecule has 0 bridgehead atoms. The van der Waals surface area contributed by atoms with Crippen molar-refractivity contribution in [1.82, 2.24) is 0 Å². The van der Waals surface area contributed by atoms with Gasteiger partial charge in [0.05, 0.1) is 12.2 Å². The molecule has 0 spiro atoms. The second-order valence-electron chi connectivity index (χ2n) is 5.74. The number of amides is 1. The lowest BCUT2D eigenvalue weighted by atomic mass is 10.1. The van der Waals surface area contributed by atoms with Crippen LogP contribution in [0, 0.1) is 6.92 Å². The maximum absolute atomic E-state index is 12.4. The van der Waals surface area contributed by atoms with E-state index in [0.717, 1.165) is 16.9 Å². The Morgan fingerprint density at radius 2 is 1.86 bits per heavy atom. The van der Waals surface area contributed by atoms with Gasteiger partial charge in [0.25, 0.3) is 0 Å². The smallest absolute Gasteiger partial charge is 0.348 e. The van der Waals surface area contributed by atoms with Crippen LogP contribution in [0.2, 0.25) is 5.02 Å². The summed E-state index contributed by atoms with van der Waals surface area (Å²) in [7, 11) is 0. The predicted molar refractivity (Wildman–Crippen MR) is 115 cm³/mol. The van der Waals surface area contributed by atoms with Crippen LogP contribution >= 0.6 is 22.9 Å². The van der Waals surface area contributed by atoms with E-state index in [1.165, 1.54) is 12.2 Å². The van der Waals surface area contributed by atoms with Crippen molar-refractivity contribution in [2.45, 2.75) is 13.8 Å². The molecule has 0 saturated heterocycles. The molecule has 2 rings (SSSR count). The number of esters is 2. The molecular weight excluding hydrogens is 414 g/mol. The Morgan fingerprint density at radius 1 is 1.17 bits per heavy atom. The summed E-state index contributed by atoms with van der Waals surface area (Å²) < 4.78 is 10.1. The van der Waals surface area contributed by atoms with E-state index in [2.05, 4.69) is 11.9 Å². The molecule has 0 saturated carbocycles. The lowest BCUT2D eigenvalue weighted by Crippen LogP contribution is -2.13. The van der Waals surface area contributed by atoms with Gasteiger partial charge >= 0.3 is 11.9 Å². The molecule has 0 fully saturated rings. The van der Waals surface area contributed by atoms with Crippen molar-refractivity contribution in [3.05, 3.63) is 69.6 Å². The molecule has 6 nitrogen and oxygen atoms in total. The summed E-state index contributed by atoms with van der Waals surface area (Å²) in [4.78, 5) is 37.2. The molecule has 29 heavy (non-hydrogen) atoms. The zero-order valence-corrected chi connectivity index (χ0v) is 17.6. The molecule has 1 N–H and O–H groups in total. The molecule has 0 atom stereocenters. The van der Waals surface area contributed by atoms with E-state index in [4.69, 9.17) is 21.1 Å². The van der Waals surface area contributed by atoms with Gasteiger partial charge in [-0.2, -0.15) is 0 Å². The summed E-state index contributed by atoms with van der Waals surface area (Å²) in [5.74, 6) is -1.69. The fourth-order valence-electron chi connectivity index (χ4n) is 2.34. The van der Waals surface area contributed by atoms with E-state index < -0.39 is 17.8 Å². The third-order valence-electron chi connectivity index (χ3n) is 3.68. The number of rotatable bonds is 8. The van der Waals surface area contributed by atoms with Crippen LogP contribution in [-0.4, -0.2) is 31.1 Å². The largest absolute Gasteiger partial charge is 0.462 e. The summed E-state index contributed by atoms with van der Waals surface area (Å²) >= 11 is 6.80. The molecule has 152 valence electrons. The number of benzene rings is 1. The minimum atomic E-state index is -0.624. The Kier molecular flexibility index (Phi) is 8.18. The fourth-order valence-corrected chi connectivity index (χ4v) is 3.56. The van der Waals surface area contributed by atoms with Crippen LogP contribution in [-0.2, 0) is 14.3 Å². The first kappa shape index (κ1) is 22.4. The molecule has 0 aliphatic heterocycles. The van der Waals surface area contributed by atoms with Crippen LogP contribution in [0.1, 0.15) is 38.1 Å². The van der Waals surface area contributed by atoms with Crippen molar-refractivity contribution in [2.75, 3.05) is 18.5 Å². The van der Waals surface area contributed by atoms with Crippen LogP contribution in [0.25, 0.3) is 6.08 Å². The van der Waals surface area contributed by atoms with Gasteiger partial charge in [-0.15, -0.1) is 11.3 Å². The molecule has 1 aromatic carbocycles. The van der Waals surface area contributed by atoms with Gasteiger partial charge in [-0.1, -0.05) is 36.4 Å². The first-order chi connectivity index (χ1) is 13.9. The topological polar surface area (TPSA) is 81.7 Å². The predicted octanol–water partition coefficient (Wildman–Crippen LogP) is 4.88. The number of carbonyl (C=O) groups is 3. The zero-order chi connectivity index (χ0) is 21.4. The molecule has 1 heterocycles. The molecular formula is C21H20ClNO5S. The Labute approximate surface area is 177 Å². The van der Waals surface area contributed by atoms with Crippen molar-refractivity contribution >= 4 is 51.9 Å². The van der Waals surface area contributed by atoms with E-state index in [1.54, 1.807) is 44.2 Å². The van der Waals surface area contributed by atoms with E-state index in [9.17, 15) is 14.4 Å². The Balaban J connectivity index is 2.27. The fraction of sp³-hybridized carbons (Fsp3) is 0.190. The molecule has 2 aromatic rings. The summed E-state index contributed by atoms with van der Waals surface area (Å²) in [6.45, 7) is 6.97. The summed E-state index contributed by atoms with van der Waals surface area (Å²) in [5, 5.41) is 3.45. The number of thiophene rings is 1. The maximum Gasteiger partial charge on any atom is 0.348 e. The Morgan fingerprint density at radius 3 is 2.48 bits per heavy atom. The van der Waals surface area contributed by atoms with Gasteiger partial charge in [0.15, 0.2) is 0 Å². The minimum Gasteiger partial charge on any atom is -0.462 e. The molecule has 8 heteroatoms. The molecule has 1 aromatic heterocycles. The van der Waals surface area contributed by atoms with Crippen molar-refractivity contribution < 1.29 is 23.9 Å². The van der Waals surface area contributed by atoms with Crippen molar-refractivity contribution in [3.63, 3.8) is 0 Å². The highest BCUT2D eigenvalue weighted by Crippen LogP contribution is 2.34. The Bertz CT molecular complexity index is 947. The summed E-state index contributed by atoms with van der Waals surface area (Å²) in [6.07, 6.45) is 4.37. The van der Waals surface area contributed by atoms with Crippen LogP contribution < -0.4 is 5.32 Å². The van der Waals surface area contributed by atoms with Gasteiger partial charge < -0.3 is 14.8 Å². The third-order valence-corrected chi connectivity index (χ3v) is 5.12. The van der Waals surface area contributed by atoms with Crippen LogP contribution in [0.15, 0.2) is 43.0 Å². The number of carbonyl (C=O) groups excluding carboxylic acids is 3. The summed E-state index contributed by atoms with van der Waals surface area (Å²) in [5.41, 5.74) is 1.31. The van der Waals surface area contributed by atoms with Gasteiger partial charge in [-0.05, 0) is 43.2 Å². The standard InChI is InChI=1S/C21H20ClNO5S/c1-4-12-28-21(26)18-13(3)17(20(25)27-5-2)19(29-18)23-16(24)11-8-14-6-9-15(22)10-7-14/h4,6-11H,1,5,12H2,2-3H3,(H,23,24)/b11-8+. The second kappa shape index (κ2) is 10.6. The van der Waals surface area contributed by atoms with E-state index >= 15 is 0 Å². The first-order valence-corrected chi connectivity index (χ1v) is 9.90. The van der Waals surface area contributed by atoms with Crippen molar-refractivity contribution in [1.29, 1.82) is 0 Å². The van der Waals surface area contributed by atoms with E-state index in [1.807, 2.05) is 0 Å². The SMILES string of the molecule is C=CCOC(=O)c1sc(NC(=O)/C=C/c2ccc(Cl)cc2)c(C(=O)OCC)c1C. The van der Waals surface area contributed by atoms with Crippen molar-refractivity contribution in [2.24, 2.45) is 0 Å². The molecule has 0 unspecified atom stereocenters. The van der Waals surface area contributed by atoms with E-state index in [0.29, 0.717) is 10.6 Å². The number of anilines is 1. The zero-order valence-electron chi connectivity index (χ0n) is 16.0. The Hall–Kier alpha value is -2.90. The van der Waals surface area contributed by atoms with Gasteiger partial charge in [0.2, 0.25) is 5.91 Å². The number of halogens is 1. The third kappa shape index (κ3) is 6.04. The number of nitrogens with one attached hydrogen (secondary N) is 1. The number of ether oxygens (including phenoxy) is 2. The maximum atomic E-state index is 12.4. The highest BCUT2D eigenvalue weighted by atomic mass is 35.5. The van der Waals surface area contributed by atoms with Crippen LogP contribution in [0.5, 0.6) is 0 Å². The van der Waals surface area contributed by atoms with Gasteiger partial charge in [-0.3, -0.25) is 4.79 Å². The van der Waals surface area contributed by atoms with E-state index in [-0.39, 0.29) is 28.7 Å². The average molecular weight is 434 g/mol. The van der Waals surface area contributed by atoms with Crippen LogP contribution in [0.3, 0.4) is 0 Å². The average Bonchev–Trinajstić information content (AvgIpc) is 3.01. The minimum absolute atomic E-state index is 0.0381. The number of hydrogen-bond acceptors (Lipinski definition) is 6. The lowest BCUT2D eigenvalue weighted by molar-refractivity contribution is -0.111. The second-order valence-corrected chi connectivity index (χ2v) is 7.20. The van der Waals surface area contributed by atoms with Gasteiger partial charge in [-0.25, -0.2) is 9.59 Å². The van der Waals surface area contributed by atoms with Gasteiger partial charge in [0.1, 0.15) is 16.5 Å². The molecule has 0 aliphatic rings. The quantitative estimate of drug-likeness (QED) is 0.364. The molecule has 0 radical (unpaired) electrons. The first-order valence-electron chi connectivity index (χ1n) is 8.70.